The first-order valence-electron chi connectivity index (χ1n) is 11.6. The van der Waals surface area contributed by atoms with E-state index in [1.807, 2.05) is 38.4 Å². The number of unbranched alkanes of at least 4 members (excludes halogenated alkanes) is 1. The molecule has 0 saturated heterocycles. The second-order valence-electron chi connectivity index (χ2n) is 8.40. The molecule has 0 aliphatic rings. The molecule has 0 bridgehead atoms. The number of nitrogens with zero attached hydrogens (tertiary/aromatic N) is 4. The second kappa shape index (κ2) is 11.5. The number of nitrogens with one attached hydrogen (secondary N) is 1. The van der Waals surface area contributed by atoms with Gasteiger partial charge in [0.2, 0.25) is 0 Å². The molecular weight excluding hydrogens is 458 g/mol. The summed E-state index contributed by atoms with van der Waals surface area (Å²) < 4.78 is 16.9. The monoisotopic (exact) mass is 487 g/mol. The summed E-state index contributed by atoms with van der Waals surface area (Å²) >= 11 is 0. The summed E-state index contributed by atoms with van der Waals surface area (Å²) in [6.45, 7) is 4.94. The highest BCUT2D eigenvalue weighted by Crippen LogP contribution is 2.37. The molecule has 36 heavy (non-hydrogen) atoms. The quantitative estimate of drug-likeness (QED) is 0.139. The van der Waals surface area contributed by atoms with Crippen molar-refractivity contribution in [2.45, 2.75) is 12.8 Å². The average molecular weight is 488 g/mol. The summed E-state index contributed by atoms with van der Waals surface area (Å²) in [7, 11) is 5.68. The Hall–Kier alpha value is -4.24. The fourth-order valence-electron chi connectivity index (χ4n) is 3.72. The number of fused-ring (bicyclic) bond motifs is 2. The molecule has 1 N–H and O–H groups in total. The molecule has 9 nitrogen and oxygen atoms in total. The number of carbonyl (C=O) groups excluding carboxylic acids is 1. The van der Waals surface area contributed by atoms with Crippen molar-refractivity contribution in [1.29, 1.82) is 0 Å². The Bertz CT molecular complexity index is 1390. The van der Waals surface area contributed by atoms with E-state index in [0.717, 1.165) is 42.1 Å². The zero-order valence-electron chi connectivity index (χ0n) is 20.7. The van der Waals surface area contributed by atoms with E-state index in [4.69, 9.17) is 14.2 Å². The first kappa shape index (κ1) is 24.9. The third-order valence-electron chi connectivity index (χ3n) is 5.50. The average Bonchev–Trinajstić information content (AvgIpc) is 2.88. The highest BCUT2D eigenvalue weighted by atomic mass is 16.6. The van der Waals surface area contributed by atoms with E-state index in [1.165, 1.54) is 6.33 Å². The van der Waals surface area contributed by atoms with Crippen molar-refractivity contribution in [3.63, 3.8) is 0 Å². The van der Waals surface area contributed by atoms with E-state index in [9.17, 15) is 4.79 Å². The summed E-state index contributed by atoms with van der Waals surface area (Å²) in [5.74, 6) is 1.32. The number of benzene rings is 2. The number of hydrogen-bond acceptors (Lipinski definition) is 9. The lowest BCUT2D eigenvalue weighted by atomic mass is 10.1. The summed E-state index contributed by atoms with van der Waals surface area (Å²) in [4.78, 5) is 27.5. The van der Waals surface area contributed by atoms with Gasteiger partial charge in [-0.1, -0.05) is 12.6 Å². The molecule has 0 aliphatic carbocycles. The van der Waals surface area contributed by atoms with Crippen molar-refractivity contribution in [3.05, 3.63) is 61.6 Å². The summed E-state index contributed by atoms with van der Waals surface area (Å²) in [6.07, 6.45) is 6.16. The molecule has 0 aliphatic heterocycles. The molecular formula is C27H29N5O4. The molecule has 0 spiro atoms. The zero-order valence-corrected chi connectivity index (χ0v) is 20.7. The minimum Gasteiger partial charge on any atom is -0.497 e. The Kier molecular flexibility index (Phi) is 7.92. The molecule has 2 aromatic carbocycles. The van der Waals surface area contributed by atoms with Crippen molar-refractivity contribution >= 4 is 39.3 Å². The molecule has 9 heteroatoms. The lowest BCUT2D eigenvalue weighted by Gasteiger charge is -2.15. The van der Waals surface area contributed by atoms with Gasteiger partial charge in [-0.3, -0.25) is 4.98 Å². The van der Waals surface area contributed by atoms with E-state index >= 15 is 0 Å². The lowest BCUT2D eigenvalue weighted by molar-refractivity contribution is -0.129. The van der Waals surface area contributed by atoms with Crippen LogP contribution in [0.2, 0.25) is 0 Å². The SMILES string of the molecule is C=CC(=O)Oc1cc2c(Nc3cc(OC)cc4cccnc34)ncnc2cc1OCCCCN(C)C. The second-order valence-corrected chi connectivity index (χ2v) is 8.40. The summed E-state index contributed by atoms with van der Waals surface area (Å²) in [5, 5.41) is 4.92. The number of aromatic nitrogens is 3. The van der Waals surface area contributed by atoms with Gasteiger partial charge in [-0.2, -0.15) is 0 Å². The first-order chi connectivity index (χ1) is 17.5. The standard InChI is InChI=1S/C27H29N5O4/c1-5-25(33)36-24-15-20-21(16-23(24)35-12-7-6-11-32(2)3)29-17-30-27(20)31-22-14-19(34-4)13-18-9-8-10-28-26(18)22/h5,8-10,13-17H,1,6-7,11-12H2,2-4H3,(H,29,30,31). The van der Waals surface area contributed by atoms with Crippen LogP contribution in [0, 0.1) is 0 Å². The minimum atomic E-state index is -0.582. The van der Waals surface area contributed by atoms with E-state index in [0.29, 0.717) is 34.8 Å². The molecule has 2 aromatic heterocycles. The topological polar surface area (TPSA) is 98.7 Å². The molecule has 0 unspecified atom stereocenters. The Morgan fingerprint density at radius 3 is 2.75 bits per heavy atom. The zero-order chi connectivity index (χ0) is 25.5. The number of pyridine rings is 1. The molecule has 0 saturated carbocycles. The Morgan fingerprint density at radius 2 is 1.97 bits per heavy atom. The predicted octanol–water partition coefficient (Wildman–Crippen LogP) is 4.74. The smallest absolute Gasteiger partial charge is 0.335 e. The Labute approximate surface area is 209 Å². The van der Waals surface area contributed by atoms with Gasteiger partial charge < -0.3 is 24.4 Å². The molecule has 0 amide bonds. The van der Waals surface area contributed by atoms with Crippen LogP contribution in [-0.4, -0.2) is 60.2 Å². The van der Waals surface area contributed by atoms with Gasteiger partial charge in [-0.25, -0.2) is 14.8 Å². The maximum atomic E-state index is 12.0. The van der Waals surface area contributed by atoms with Crippen LogP contribution in [0.4, 0.5) is 11.5 Å². The van der Waals surface area contributed by atoms with Crippen LogP contribution >= 0.6 is 0 Å². The van der Waals surface area contributed by atoms with Gasteiger partial charge in [-0.15, -0.1) is 0 Å². The van der Waals surface area contributed by atoms with Gasteiger partial charge in [0, 0.05) is 35.2 Å². The van der Waals surface area contributed by atoms with E-state index < -0.39 is 5.97 Å². The summed E-state index contributed by atoms with van der Waals surface area (Å²) in [6, 6.07) is 11.1. The van der Waals surface area contributed by atoms with Crippen LogP contribution in [0.3, 0.4) is 0 Å². The van der Waals surface area contributed by atoms with Gasteiger partial charge in [0.25, 0.3) is 0 Å². The molecule has 4 aromatic rings. The van der Waals surface area contributed by atoms with E-state index in [1.54, 1.807) is 25.4 Å². The van der Waals surface area contributed by atoms with Crippen molar-refractivity contribution in [2.24, 2.45) is 0 Å². The van der Waals surface area contributed by atoms with Crippen molar-refractivity contribution in [3.8, 4) is 17.2 Å². The third kappa shape index (κ3) is 5.87. The maximum Gasteiger partial charge on any atom is 0.335 e. The van der Waals surface area contributed by atoms with Crippen molar-refractivity contribution in [2.75, 3.05) is 39.7 Å². The molecule has 0 atom stereocenters. The number of hydrogen-bond donors (Lipinski definition) is 1. The van der Waals surface area contributed by atoms with Gasteiger partial charge in [-0.05, 0) is 51.7 Å². The highest BCUT2D eigenvalue weighted by Gasteiger charge is 2.16. The van der Waals surface area contributed by atoms with Crippen LogP contribution in [0.25, 0.3) is 21.8 Å². The fourth-order valence-corrected chi connectivity index (χ4v) is 3.72. The number of methoxy groups -OCH3 is 1. The minimum absolute atomic E-state index is 0.270. The third-order valence-corrected chi connectivity index (χ3v) is 5.50. The highest BCUT2D eigenvalue weighted by molar-refractivity contribution is 5.98. The van der Waals surface area contributed by atoms with Gasteiger partial charge in [0.1, 0.15) is 17.9 Å². The number of ether oxygens (including phenoxy) is 3. The largest absolute Gasteiger partial charge is 0.497 e. The molecule has 186 valence electrons. The van der Waals surface area contributed by atoms with Crippen LogP contribution in [0.5, 0.6) is 17.2 Å². The number of rotatable bonds is 11. The van der Waals surface area contributed by atoms with Crippen LogP contribution < -0.4 is 19.5 Å². The summed E-state index contributed by atoms with van der Waals surface area (Å²) in [5.41, 5.74) is 2.12. The molecule has 0 radical (unpaired) electrons. The van der Waals surface area contributed by atoms with Crippen LogP contribution in [0.15, 0.2) is 61.6 Å². The number of carbonyl (C=O) groups is 1. The Morgan fingerprint density at radius 1 is 1.11 bits per heavy atom. The predicted molar refractivity (Wildman–Crippen MR) is 140 cm³/mol. The molecule has 0 fully saturated rings. The number of esters is 1. The van der Waals surface area contributed by atoms with Gasteiger partial charge in [0.15, 0.2) is 11.5 Å². The van der Waals surface area contributed by atoms with Crippen LogP contribution in [0.1, 0.15) is 12.8 Å². The van der Waals surface area contributed by atoms with E-state index in [-0.39, 0.29) is 5.75 Å². The van der Waals surface area contributed by atoms with E-state index in [2.05, 4.69) is 31.7 Å². The normalized spacial score (nSPS) is 11.0. The molecule has 4 rings (SSSR count). The maximum absolute atomic E-state index is 12.0. The van der Waals surface area contributed by atoms with Gasteiger partial charge >= 0.3 is 5.97 Å². The number of anilines is 2. The van der Waals surface area contributed by atoms with Crippen molar-refractivity contribution in [1.82, 2.24) is 19.9 Å². The molecule has 2 heterocycles. The van der Waals surface area contributed by atoms with Crippen LogP contribution in [-0.2, 0) is 4.79 Å². The Balaban J connectivity index is 1.70. The fraction of sp³-hybridized carbons (Fsp3) is 0.259. The lowest BCUT2D eigenvalue weighted by Crippen LogP contribution is -2.14. The first-order valence-corrected chi connectivity index (χ1v) is 11.6. The van der Waals surface area contributed by atoms with Gasteiger partial charge in [0.05, 0.1) is 30.4 Å². The van der Waals surface area contributed by atoms with Crippen molar-refractivity contribution < 1.29 is 19.0 Å².